The summed E-state index contributed by atoms with van der Waals surface area (Å²) >= 11 is 0. The summed E-state index contributed by atoms with van der Waals surface area (Å²) < 4.78 is 2.71. The molecular formula is C20H23N5O2. The first kappa shape index (κ1) is 17.5. The number of aryl methyl sites for hydroxylation is 1. The first-order valence-electron chi connectivity index (χ1n) is 9.48. The van der Waals surface area contributed by atoms with Gasteiger partial charge in [-0.15, -0.1) is 0 Å². The molecule has 0 atom stereocenters. The second-order valence-corrected chi connectivity index (χ2v) is 6.95. The van der Waals surface area contributed by atoms with Gasteiger partial charge in [0, 0.05) is 18.7 Å². The predicted molar refractivity (Wildman–Crippen MR) is 102 cm³/mol. The highest BCUT2D eigenvalue weighted by Gasteiger charge is 2.18. The van der Waals surface area contributed by atoms with Crippen molar-refractivity contribution in [1.82, 2.24) is 24.3 Å². The van der Waals surface area contributed by atoms with Gasteiger partial charge in [0.25, 0.3) is 5.56 Å². The molecule has 0 unspecified atom stereocenters. The fourth-order valence-corrected chi connectivity index (χ4v) is 3.47. The summed E-state index contributed by atoms with van der Waals surface area (Å²) in [5, 5.41) is 8.59. The Morgan fingerprint density at radius 2 is 1.85 bits per heavy atom. The van der Waals surface area contributed by atoms with Crippen molar-refractivity contribution in [1.29, 1.82) is 0 Å². The number of nitrogens with zero attached hydrogens (tertiary/aromatic N) is 5. The minimum Gasteiger partial charge on any atom is -0.341 e. The second kappa shape index (κ2) is 7.34. The Labute approximate surface area is 157 Å². The number of likely N-dealkylation sites (tertiary alicyclic amines) is 1. The Kier molecular flexibility index (Phi) is 4.75. The predicted octanol–water partition coefficient (Wildman–Crippen LogP) is 2.13. The van der Waals surface area contributed by atoms with Crippen LogP contribution in [-0.2, 0) is 17.8 Å². The summed E-state index contributed by atoms with van der Waals surface area (Å²) in [5.74, 6) is -0.0523. The van der Waals surface area contributed by atoms with E-state index < -0.39 is 0 Å². The molecule has 0 radical (unpaired) electrons. The number of fused-ring (bicyclic) bond motifs is 1. The Bertz CT molecular complexity index is 1010. The van der Waals surface area contributed by atoms with Crippen molar-refractivity contribution in [2.75, 3.05) is 13.1 Å². The van der Waals surface area contributed by atoms with E-state index in [1.807, 2.05) is 17.0 Å². The molecule has 0 bridgehead atoms. The van der Waals surface area contributed by atoms with E-state index >= 15 is 0 Å². The Balaban J connectivity index is 1.61. The molecule has 7 nitrogen and oxygen atoms in total. The van der Waals surface area contributed by atoms with Crippen LogP contribution in [-0.4, -0.2) is 43.3 Å². The van der Waals surface area contributed by atoms with E-state index in [1.165, 1.54) is 21.1 Å². The molecule has 4 rings (SSSR count). The molecule has 1 amide bonds. The molecule has 0 saturated carbocycles. The van der Waals surface area contributed by atoms with E-state index in [1.54, 1.807) is 6.07 Å². The topological polar surface area (TPSA) is 72.5 Å². The molecule has 1 aliphatic rings. The van der Waals surface area contributed by atoms with Gasteiger partial charge in [-0.1, -0.05) is 31.2 Å². The maximum atomic E-state index is 12.8. The van der Waals surface area contributed by atoms with Gasteiger partial charge in [0.05, 0.1) is 5.69 Å². The standard InChI is InChI=1S/C20H23N5O2/c1-2-15-6-8-16(9-7-15)17-12-18-20(27)24(21-14-25(18)22-17)13-19(26)23-10-4-3-5-11-23/h6-9,12,14H,2-5,10-11,13H2,1H3. The summed E-state index contributed by atoms with van der Waals surface area (Å²) in [6, 6.07) is 9.89. The SMILES string of the molecule is CCc1ccc(-c2cc3c(=O)n(CC(=O)N4CCCCC4)ncn3n2)cc1. The minimum absolute atomic E-state index is 0.0267. The Morgan fingerprint density at radius 3 is 2.56 bits per heavy atom. The van der Waals surface area contributed by atoms with Crippen molar-refractivity contribution < 1.29 is 4.79 Å². The molecule has 0 spiro atoms. The number of hydrogen-bond donors (Lipinski definition) is 0. The van der Waals surface area contributed by atoms with Crippen molar-refractivity contribution in [3.8, 4) is 11.3 Å². The molecule has 7 heteroatoms. The van der Waals surface area contributed by atoms with Crippen LogP contribution in [0.15, 0.2) is 41.5 Å². The number of aromatic nitrogens is 4. The molecule has 3 heterocycles. The number of amides is 1. The maximum absolute atomic E-state index is 12.8. The molecule has 1 saturated heterocycles. The summed E-state index contributed by atoms with van der Waals surface area (Å²) in [5.41, 5.74) is 3.04. The smallest absolute Gasteiger partial charge is 0.293 e. The first-order valence-corrected chi connectivity index (χ1v) is 9.48. The molecule has 27 heavy (non-hydrogen) atoms. The van der Waals surface area contributed by atoms with Crippen LogP contribution >= 0.6 is 0 Å². The van der Waals surface area contributed by atoms with Crippen molar-refractivity contribution in [3.63, 3.8) is 0 Å². The van der Waals surface area contributed by atoms with Crippen molar-refractivity contribution >= 4 is 11.4 Å². The third-order valence-corrected chi connectivity index (χ3v) is 5.14. The van der Waals surface area contributed by atoms with E-state index in [0.29, 0.717) is 5.52 Å². The van der Waals surface area contributed by atoms with Crippen LogP contribution in [0.1, 0.15) is 31.7 Å². The minimum atomic E-state index is -0.299. The fraction of sp³-hybridized carbons (Fsp3) is 0.400. The third kappa shape index (κ3) is 3.49. The molecule has 1 fully saturated rings. The van der Waals surface area contributed by atoms with Crippen molar-refractivity contribution in [2.24, 2.45) is 0 Å². The zero-order chi connectivity index (χ0) is 18.8. The lowest BCUT2D eigenvalue weighted by Crippen LogP contribution is -2.40. The molecule has 140 valence electrons. The molecule has 0 aliphatic carbocycles. The highest BCUT2D eigenvalue weighted by atomic mass is 16.2. The fourth-order valence-electron chi connectivity index (χ4n) is 3.47. The highest BCUT2D eigenvalue weighted by Crippen LogP contribution is 2.19. The summed E-state index contributed by atoms with van der Waals surface area (Å²) in [7, 11) is 0. The van der Waals surface area contributed by atoms with Gasteiger partial charge >= 0.3 is 0 Å². The molecule has 1 aromatic carbocycles. The van der Waals surface area contributed by atoms with E-state index in [2.05, 4.69) is 29.3 Å². The number of benzene rings is 1. The van der Waals surface area contributed by atoms with Crippen molar-refractivity contribution in [2.45, 2.75) is 39.2 Å². The number of carbonyl (C=O) groups is 1. The van der Waals surface area contributed by atoms with E-state index in [9.17, 15) is 9.59 Å². The summed E-state index contributed by atoms with van der Waals surface area (Å²) in [4.78, 5) is 27.0. The molecule has 1 aliphatic heterocycles. The Hall–Kier alpha value is -2.96. The van der Waals surface area contributed by atoms with Crippen LogP contribution in [0, 0.1) is 0 Å². The van der Waals surface area contributed by atoms with Gasteiger partial charge in [0.15, 0.2) is 0 Å². The lowest BCUT2D eigenvalue weighted by atomic mass is 10.1. The van der Waals surface area contributed by atoms with Gasteiger partial charge < -0.3 is 4.90 Å². The van der Waals surface area contributed by atoms with Crippen LogP contribution in [0.5, 0.6) is 0 Å². The van der Waals surface area contributed by atoms with E-state index in [4.69, 9.17) is 0 Å². The van der Waals surface area contributed by atoms with Crippen LogP contribution in [0.3, 0.4) is 0 Å². The van der Waals surface area contributed by atoms with Crippen LogP contribution < -0.4 is 5.56 Å². The van der Waals surface area contributed by atoms with Crippen molar-refractivity contribution in [3.05, 3.63) is 52.6 Å². The highest BCUT2D eigenvalue weighted by molar-refractivity contribution is 5.76. The molecule has 2 aromatic heterocycles. The van der Waals surface area contributed by atoms with Crippen LogP contribution in [0.4, 0.5) is 0 Å². The lowest BCUT2D eigenvalue weighted by molar-refractivity contribution is -0.133. The van der Waals surface area contributed by atoms with Gasteiger partial charge in [-0.05, 0) is 37.3 Å². The van der Waals surface area contributed by atoms with Gasteiger partial charge in [0.2, 0.25) is 5.91 Å². The van der Waals surface area contributed by atoms with E-state index in [0.717, 1.165) is 50.0 Å². The van der Waals surface area contributed by atoms with Gasteiger partial charge in [-0.3, -0.25) is 9.59 Å². The number of rotatable bonds is 4. The first-order chi connectivity index (χ1) is 13.2. The summed E-state index contributed by atoms with van der Waals surface area (Å²) in [6.07, 6.45) is 5.67. The zero-order valence-corrected chi connectivity index (χ0v) is 15.5. The normalized spacial score (nSPS) is 14.6. The van der Waals surface area contributed by atoms with Gasteiger partial charge in [-0.2, -0.15) is 10.2 Å². The number of hydrogen-bond acceptors (Lipinski definition) is 4. The largest absolute Gasteiger partial charge is 0.341 e. The van der Waals surface area contributed by atoms with Crippen LogP contribution in [0.2, 0.25) is 0 Å². The molecular weight excluding hydrogens is 342 g/mol. The number of carbonyl (C=O) groups excluding carboxylic acids is 1. The Morgan fingerprint density at radius 1 is 1.11 bits per heavy atom. The molecule has 3 aromatic rings. The monoisotopic (exact) mass is 365 g/mol. The second-order valence-electron chi connectivity index (χ2n) is 6.95. The molecule has 0 N–H and O–H groups in total. The van der Waals surface area contributed by atoms with Gasteiger partial charge in [0.1, 0.15) is 18.4 Å². The third-order valence-electron chi connectivity index (χ3n) is 5.14. The zero-order valence-electron chi connectivity index (χ0n) is 15.5. The van der Waals surface area contributed by atoms with E-state index in [-0.39, 0.29) is 18.0 Å². The average Bonchev–Trinajstić information content (AvgIpc) is 3.16. The van der Waals surface area contributed by atoms with Crippen LogP contribution in [0.25, 0.3) is 16.8 Å². The maximum Gasteiger partial charge on any atom is 0.293 e. The number of piperidine rings is 1. The quantitative estimate of drug-likeness (QED) is 0.710. The van der Waals surface area contributed by atoms with Gasteiger partial charge in [-0.25, -0.2) is 9.20 Å². The summed E-state index contributed by atoms with van der Waals surface area (Å²) in [6.45, 7) is 3.61. The average molecular weight is 365 g/mol. The lowest BCUT2D eigenvalue weighted by Gasteiger charge is -2.26.